The first-order valence-electron chi connectivity index (χ1n) is 9.08. The molecule has 2 aromatic carbocycles. The van der Waals surface area contributed by atoms with Gasteiger partial charge in [0.2, 0.25) is 10.0 Å². The molecule has 0 atom stereocenters. The second-order valence-corrected chi connectivity index (χ2v) is 8.92. The Balaban J connectivity index is 1.72. The highest BCUT2D eigenvalue weighted by molar-refractivity contribution is 7.89. The van der Waals surface area contributed by atoms with E-state index in [1.165, 1.54) is 30.8 Å². The molecule has 154 valence electrons. The van der Waals surface area contributed by atoms with E-state index in [-0.39, 0.29) is 17.0 Å². The third kappa shape index (κ3) is 3.72. The summed E-state index contributed by atoms with van der Waals surface area (Å²) in [4.78, 5) is 16.6. The highest BCUT2D eigenvalue weighted by Crippen LogP contribution is 2.27. The second kappa shape index (κ2) is 7.77. The van der Waals surface area contributed by atoms with Crippen LogP contribution in [0, 0.1) is 0 Å². The van der Waals surface area contributed by atoms with Gasteiger partial charge >= 0.3 is 5.76 Å². The summed E-state index contributed by atoms with van der Waals surface area (Å²) >= 11 is 0. The Morgan fingerprint density at radius 3 is 2.63 bits per heavy atom. The number of ether oxygens (including phenoxy) is 1. The van der Waals surface area contributed by atoms with Gasteiger partial charge in [-0.3, -0.25) is 9.55 Å². The summed E-state index contributed by atoms with van der Waals surface area (Å²) < 4.78 is 38.5. The van der Waals surface area contributed by atoms with Crippen LogP contribution in [0.5, 0.6) is 11.5 Å². The number of aromatic nitrogens is 2. The lowest BCUT2D eigenvalue weighted by Crippen LogP contribution is -2.22. The van der Waals surface area contributed by atoms with E-state index in [9.17, 15) is 13.2 Å². The summed E-state index contributed by atoms with van der Waals surface area (Å²) in [6.07, 6.45) is 3.25. The van der Waals surface area contributed by atoms with Gasteiger partial charge in [-0.25, -0.2) is 17.5 Å². The van der Waals surface area contributed by atoms with Crippen LogP contribution in [0.25, 0.3) is 11.1 Å². The van der Waals surface area contributed by atoms with Gasteiger partial charge in [0, 0.05) is 31.9 Å². The molecule has 9 heteroatoms. The number of sulfonamides is 1. The zero-order valence-corrected chi connectivity index (χ0v) is 17.2. The standard InChI is InChI=1S/C21H19N3O5S/c1-23(2)30(26,27)17-9-10-18-20(12-17)29-21(25)24(18)14-15-6-3-4-8-19(15)28-16-7-5-11-22-13-16/h3-13H,14H2,1-2H3. The Morgan fingerprint density at radius 2 is 1.90 bits per heavy atom. The van der Waals surface area contributed by atoms with Gasteiger partial charge in [-0.15, -0.1) is 0 Å². The fraction of sp³-hybridized carbons (Fsp3) is 0.143. The van der Waals surface area contributed by atoms with Gasteiger partial charge in [0.15, 0.2) is 5.58 Å². The van der Waals surface area contributed by atoms with Crippen molar-refractivity contribution in [3.8, 4) is 11.5 Å². The lowest BCUT2D eigenvalue weighted by molar-refractivity contribution is 0.467. The van der Waals surface area contributed by atoms with E-state index < -0.39 is 15.8 Å². The number of hydrogen-bond donors (Lipinski definition) is 0. The number of hydrogen-bond acceptors (Lipinski definition) is 6. The Hall–Kier alpha value is -3.43. The fourth-order valence-electron chi connectivity index (χ4n) is 3.01. The Bertz CT molecular complexity index is 1360. The minimum atomic E-state index is -3.64. The molecule has 0 unspecified atom stereocenters. The van der Waals surface area contributed by atoms with Crippen LogP contribution < -0.4 is 10.5 Å². The van der Waals surface area contributed by atoms with E-state index in [1.807, 2.05) is 18.2 Å². The fourth-order valence-corrected chi connectivity index (χ4v) is 3.92. The van der Waals surface area contributed by atoms with E-state index in [0.29, 0.717) is 17.0 Å². The number of benzene rings is 2. The molecule has 0 bridgehead atoms. The van der Waals surface area contributed by atoms with Crippen LogP contribution in [0.1, 0.15) is 5.56 Å². The molecule has 30 heavy (non-hydrogen) atoms. The van der Waals surface area contributed by atoms with E-state index in [0.717, 1.165) is 9.87 Å². The van der Waals surface area contributed by atoms with Crippen LogP contribution in [-0.2, 0) is 16.6 Å². The van der Waals surface area contributed by atoms with E-state index in [2.05, 4.69) is 4.98 Å². The molecule has 2 heterocycles. The summed E-state index contributed by atoms with van der Waals surface area (Å²) in [5, 5.41) is 0. The van der Waals surface area contributed by atoms with Gasteiger partial charge in [0.25, 0.3) is 0 Å². The van der Waals surface area contributed by atoms with Gasteiger partial charge < -0.3 is 9.15 Å². The van der Waals surface area contributed by atoms with Crippen LogP contribution in [-0.4, -0.2) is 36.4 Å². The maximum Gasteiger partial charge on any atom is 0.420 e. The summed E-state index contributed by atoms with van der Waals surface area (Å²) in [5.74, 6) is 0.576. The first-order valence-corrected chi connectivity index (χ1v) is 10.5. The summed E-state index contributed by atoms with van der Waals surface area (Å²) in [6, 6.07) is 15.3. The van der Waals surface area contributed by atoms with Crippen molar-refractivity contribution in [2.24, 2.45) is 0 Å². The highest BCUT2D eigenvalue weighted by Gasteiger charge is 2.20. The molecule has 8 nitrogen and oxygen atoms in total. The predicted molar refractivity (Wildman–Crippen MR) is 111 cm³/mol. The van der Waals surface area contributed by atoms with Crippen molar-refractivity contribution in [2.45, 2.75) is 11.4 Å². The van der Waals surface area contributed by atoms with Crippen LogP contribution >= 0.6 is 0 Å². The number of para-hydroxylation sites is 1. The van der Waals surface area contributed by atoms with Crippen LogP contribution in [0.3, 0.4) is 0 Å². The molecule has 0 radical (unpaired) electrons. The normalized spacial score (nSPS) is 11.8. The van der Waals surface area contributed by atoms with Crippen LogP contribution in [0.2, 0.25) is 0 Å². The van der Waals surface area contributed by atoms with Crippen molar-refractivity contribution in [3.63, 3.8) is 0 Å². The second-order valence-electron chi connectivity index (χ2n) is 6.77. The van der Waals surface area contributed by atoms with Gasteiger partial charge in [-0.1, -0.05) is 18.2 Å². The molecular weight excluding hydrogens is 406 g/mol. The molecule has 0 aliphatic heterocycles. The number of fused-ring (bicyclic) bond motifs is 1. The van der Waals surface area contributed by atoms with E-state index in [1.54, 1.807) is 36.7 Å². The van der Waals surface area contributed by atoms with Gasteiger partial charge in [0.1, 0.15) is 11.5 Å². The zero-order valence-electron chi connectivity index (χ0n) is 16.3. The summed E-state index contributed by atoms with van der Waals surface area (Å²) in [7, 11) is -0.747. The van der Waals surface area contributed by atoms with Crippen LogP contribution in [0.15, 0.2) is 81.1 Å². The predicted octanol–water partition coefficient (Wildman–Crippen LogP) is 3.08. The summed E-state index contributed by atoms with van der Waals surface area (Å²) in [6.45, 7) is 0.196. The molecule has 2 aromatic heterocycles. The van der Waals surface area contributed by atoms with Crippen molar-refractivity contribution in [1.82, 2.24) is 13.9 Å². The lowest BCUT2D eigenvalue weighted by Gasteiger charge is -2.12. The first-order chi connectivity index (χ1) is 14.4. The van der Waals surface area contributed by atoms with E-state index >= 15 is 0 Å². The SMILES string of the molecule is CN(C)S(=O)(=O)c1ccc2c(c1)oc(=O)n2Cc1ccccc1Oc1cccnc1. The zero-order chi connectivity index (χ0) is 21.3. The molecule has 4 aromatic rings. The van der Waals surface area contributed by atoms with Crippen molar-refractivity contribution in [3.05, 3.63) is 83.1 Å². The molecule has 0 saturated heterocycles. The maximum atomic E-state index is 12.5. The largest absolute Gasteiger partial charge is 0.455 e. The molecule has 4 rings (SSSR count). The van der Waals surface area contributed by atoms with Crippen molar-refractivity contribution in [1.29, 1.82) is 0 Å². The quantitative estimate of drug-likeness (QED) is 0.471. The Labute approximate surface area is 173 Å². The number of rotatable bonds is 6. The first kappa shape index (κ1) is 19.9. The average molecular weight is 425 g/mol. The smallest absolute Gasteiger partial charge is 0.420 e. The molecule has 0 saturated carbocycles. The average Bonchev–Trinajstić information content (AvgIpc) is 3.04. The number of nitrogens with zero attached hydrogens (tertiary/aromatic N) is 3. The third-order valence-corrected chi connectivity index (χ3v) is 6.39. The maximum absolute atomic E-state index is 12.5. The topological polar surface area (TPSA) is 94.6 Å². The molecule has 0 amide bonds. The van der Waals surface area contributed by atoms with E-state index in [4.69, 9.17) is 9.15 Å². The van der Waals surface area contributed by atoms with Crippen LogP contribution in [0.4, 0.5) is 0 Å². The highest BCUT2D eigenvalue weighted by atomic mass is 32.2. The Morgan fingerprint density at radius 1 is 1.10 bits per heavy atom. The minimum absolute atomic E-state index is 0.0567. The van der Waals surface area contributed by atoms with Crippen molar-refractivity contribution in [2.75, 3.05) is 14.1 Å². The number of pyridine rings is 1. The molecule has 0 spiro atoms. The molecule has 0 N–H and O–H groups in total. The van der Waals surface area contributed by atoms with Gasteiger partial charge in [0.05, 0.1) is 23.2 Å². The summed E-state index contributed by atoms with van der Waals surface area (Å²) in [5.41, 5.74) is 1.46. The molecule has 0 aliphatic carbocycles. The van der Waals surface area contributed by atoms with Crippen molar-refractivity contribution < 1.29 is 17.6 Å². The third-order valence-electron chi connectivity index (χ3n) is 4.58. The lowest BCUT2D eigenvalue weighted by atomic mass is 10.2. The minimum Gasteiger partial charge on any atom is -0.455 e. The van der Waals surface area contributed by atoms with Gasteiger partial charge in [-0.05, 0) is 30.3 Å². The molecule has 0 aliphatic rings. The van der Waals surface area contributed by atoms with Gasteiger partial charge in [-0.2, -0.15) is 0 Å². The number of oxazole rings is 1. The Kier molecular flexibility index (Phi) is 5.15. The monoisotopic (exact) mass is 425 g/mol. The molecule has 0 fully saturated rings. The van der Waals surface area contributed by atoms with Crippen molar-refractivity contribution >= 4 is 21.1 Å². The molecular formula is C21H19N3O5S.